The molecule has 2 rings (SSSR count). The Kier molecular flexibility index (Phi) is 7.11. The van der Waals surface area contributed by atoms with Crippen LogP contribution in [0.1, 0.15) is 51.9 Å². The van der Waals surface area contributed by atoms with Crippen molar-refractivity contribution in [3.8, 4) is 0 Å². The molecule has 1 aliphatic heterocycles. The lowest BCUT2D eigenvalue weighted by atomic mass is 9.92. The fraction of sp³-hybridized carbons (Fsp3) is 0.875. The van der Waals surface area contributed by atoms with Crippen LogP contribution in [0, 0.1) is 0 Å². The minimum atomic E-state index is -0.461. The Morgan fingerprint density at radius 2 is 1.96 bits per heavy atom. The van der Waals surface area contributed by atoms with E-state index >= 15 is 0 Å². The van der Waals surface area contributed by atoms with Crippen LogP contribution >= 0.6 is 0 Å². The predicted octanol–water partition coefficient (Wildman–Crippen LogP) is 0.663. The third kappa shape index (κ3) is 5.66. The van der Waals surface area contributed by atoms with E-state index in [0.717, 1.165) is 19.3 Å². The first-order chi connectivity index (χ1) is 11.1. The van der Waals surface area contributed by atoms with Crippen LogP contribution < -0.4 is 16.0 Å². The minimum Gasteiger partial charge on any atom is -0.394 e. The van der Waals surface area contributed by atoms with Gasteiger partial charge in [0.1, 0.15) is 6.10 Å². The smallest absolute Gasteiger partial charge is 0.315 e. The first-order valence-electron chi connectivity index (χ1n) is 8.72. The van der Waals surface area contributed by atoms with Gasteiger partial charge in [0.15, 0.2) is 0 Å². The zero-order valence-electron chi connectivity index (χ0n) is 13.8. The van der Waals surface area contributed by atoms with E-state index in [1.807, 2.05) is 6.92 Å². The van der Waals surface area contributed by atoms with Crippen molar-refractivity contribution < 1.29 is 19.4 Å². The molecule has 0 unspecified atom stereocenters. The Hall–Kier alpha value is -1.34. The molecule has 0 aromatic heterocycles. The van der Waals surface area contributed by atoms with Crippen molar-refractivity contribution in [3.05, 3.63) is 0 Å². The van der Waals surface area contributed by atoms with E-state index in [0.29, 0.717) is 31.8 Å². The van der Waals surface area contributed by atoms with E-state index in [2.05, 4.69) is 16.0 Å². The molecule has 1 aliphatic carbocycles. The van der Waals surface area contributed by atoms with E-state index in [1.165, 1.54) is 6.42 Å². The van der Waals surface area contributed by atoms with Gasteiger partial charge in [0, 0.05) is 12.6 Å². The summed E-state index contributed by atoms with van der Waals surface area (Å²) in [6.07, 6.45) is 5.26. The van der Waals surface area contributed by atoms with Gasteiger partial charge in [-0.25, -0.2) is 4.79 Å². The molecule has 1 heterocycles. The van der Waals surface area contributed by atoms with E-state index in [-0.39, 0.29) is 30.7 Å². The van der Waals surface area contributed by atoms with Gasteiger partial charge in [-0.05, 0) is 38.5 Å². The van der Waals surface area contributed by atoms with E-state index in [4.69, 9.17) is 4.74 Å². The number of carbonyl (C=O) groups is 2. The Bertz CT molecular complexity index is 401. The second-order valence-corrected chi connectivity index (χ2v) is 6.46. The molecule has 1 saturated heterocycles. The maximum Gasteiger partial charge on any atom is 0.315 e. The molecule has 7 heteroatoms. The van der Waals surface area contributed by atoms with Gasteiger partial charge in [0.05, 0.1) is 25.2 Å². The molecule has 4 N–H and O–H groups in total. The normalized spacial score (nSPS) is 27.8. The summed E-state index contributed by atoms with van der Waals surface area (Å²) in [4.78, 5) is 23.7. The summed E-state index contributed by atoms with van der Waals surface area (Å²) >= 11 is 0. The van der Waals surface area contributed by atoms with E-state index < -0.39 is 6.10 Å². The number of urea groups is 1. The highest BCUT2D eigenvalue weighted by molar-refractivity contribution is 5.77. The molecule has 7 nitrogen and oxygen atoms in total. The third-order valence-electron chi connectivity index (χ3n) is 4.53. The van der Waals surface area contributed by atoms with Crippen LogP contribution in [0.5, 0.6) is 0 Å². The van der Waals surface area contributed by atoms with Crippen LogP contribution in [0.15, 0.2) is 0 Å². The summed E-state index contributed by atoms with van der Waals surface area (Å²) < 4.78 is 5.80. The molecule has 23 heavy (non-hydrogen) atoms. The Labute approximate surface area is 137 Å². The number of ether oxygens (including phenoxy) is 1. The van der Waals surface area contributed by atoms with Crippen LogP contribution in [-0.4, -0.2) is 54.5 Å². The maximum absolute atomic E-state index is 12.0. The van der Waals surface area contributed by atoms with Crippen molar-refractivity contribution in [3.63, 3.8) is 0 Å². The van der Waals surface area contributed by atoms with Crippen LogP contribution in [0.4, 0.5) is 4.79 Å². The summed E-state index contributed by atoms with van der Waals surface area (Å²) in [5.74, 6) is 0.0171. The third-order valence-corrected chi connectivity index (χ3v) is 4.53. The summed E-state index contributed by atoms with van der Waals surface area (Å²) in [7, 11) is 0. The largest absolute Gasteiger partial charge is 0.394 e. The molecule has 1 saturated carbocycles. The Morgan fingerprint density at radius 3 is 2.57 bits per heavy atom. The molecule has 3 atom stereocenters. The number of rotatable bonds is 7. The van der Waals surface area contributed by atoms with Crippen molar-refractivity contribution in [1.82, 2.24) is 16.0 Å². The van der Waals surface area contributed by atoms with Gasteiger partial charge in [-0.1, -0.05) is 6.92 Å². The van der Waals surface area contributed by atoms with Gasteiger partial charge >= 0.3 is 6.03 Å². The summed E-state index contributed by atoms with van der Waals surface area (Å²) in [5.41, 5.74) is 0. The van der Waals surface area contributed by atoms with E-state index in [9.17, 15) is 14.7 Å². The molecule has 0 aromatic rings. The lowest BCUT2D eigenvalue weighted by molar-refractivity contribution is -0.131. The lowest BCUT2D eigenvalue weighted by Gasteiger charge is -2.36. The fourth-order valence-electron chi connectivity index (χ4n) is 2.95. The topological polar surface area (TPSA) is 99.7 Å². The van der Waals surface area contributed by atoms with Crippen LogP contribution in [0.2, 0.25) is 0 Å². The molecule has 132 valence electrons. The summed E-state index contributed by atoms with van der Waals surface area (Å²) in [5, 5.41) is 18.1. The summed E-state index contributed by atoms with van der Waals surface area (Å²) in [6, 6.07) is -0.126. The molecule has 0 spiro atoms. The predicted molar refractivity (Wildman–Crippen MR) is 86.0 cm³/mol. The molecular formula is C16H29N3O4. The average molecular weight is 327 g/mol. The standard InChI is InChI=1S/C16H29N3O4/c1-2-8-17-16(22)19-13-7-6-12(23-14(13)10-20)9-15(21)18-11-4-3-5-11/h11-14,20H,2-10H2,1H3,(H,18,21)(H2,17,19,22)/t12-,13+,14+/m1/s1. The Balaban J connectivity index is 1.73. The molecule has 2 fully saturated rings. The van der Waals surface area contributed by atoms with Crippen LogP contribution in [-0.2, 0) is 9.53 Å². The first kappa shape index (κ1) is 18.0. The molecule has 0 radical (unpaired) electrons. The highest BCUT2D eigenvalue weighted by atomic mass is 16.5. The molecule has 0 bridgehead atoms. The minimum absolute atomic E-state index is 0.0171. The zero-order chi connectivity index (χ0) is 16.7. The number of hydrogen-bond acceptors (Lipinski definition) is 4. The van der Waals surface area contributed by atoms with Crippen LogP contribution in [0.3, 0.4) is 0 Å². The monoisotopic (exact) mass is 327 g/mol. The second-order valence-electron chi connectivity index (χ2n) is 6.46. The van der Waals surface area contributed by atoms with Gasteiger partial charge in [0.2, 0.25) is 5.91 Å². The average Bonchev–Trinajstić information content (AvgIpc) is 2.50. The summed E-state index contributed by atoms with van der Waals surface area (Å²) in [6.45, 7) is 2.44. The highest BCUT2D eigenvalue weighted by Crippen LogP contribution is 2.23. The first-order valence-corrected chi connectivity index (χ1v) is 8.72. The maximum atomic E-state index is 12.0. The number of carbonyl (C=O) groups excluding carboxylic acids is 2. The van der Waals surface area contributed by atoms with Crippen molar-refractivity contribution in [2.75, 3.05) is 13.2 Å². The molecule has 2 aliphatic rings. The van der Waals surface area contributed by atoms with Gasteiger partial charge in [-0.15, -0.1) is 0 Å². The highest BCUT2D eigenvalue weighted by Gasteiger charge is 2.33. The van der Waals surface area contributed by atoms with Gasteiger partial charge < -0.3 is 25.8 Å². The number of hydrogen-bond donors (Lipinski definition) is 4. The van der Waals surface area contributed by atoms with Gasteiger partial charge in [-0.3, -0.25) is 4.79 Å². The zero-order valence-corrected chi connectivity index (χ0v) is 13.8. The lowest BCUT2D eigenvalue weighted by Crippen LogP contribution is -2.54. The Morgan fingerprint density at radius 1 is 1.17 bits per heavy atom. The number of aliphatic hydroxyl groups excluding tert-OH is 1. The molecule has 3 amide bonds. The number of amides is 3. The van der Waals surface area contributed by atoms with Crippen LogP contribution in [0.25, 0.3) is 0 Å². The number of nitrogens with one attached hydrogen (secondary N) is 3. The van der Waals surface area contributed by atoms with Crippen molar-refractivity contribution in [2.45, 2.75) is 76.2 Å². The van der Waals surface area contributed by atoms with Crippen molar-refractivity contribution >= 4 is 11.9 Å². The van der Waals surface area contributed by atoms with Crippen molar-refractivity contribution in [2.24, 2.45) is 0 Å². The van der Waals surface area contributed by atoms with Gasteiger partial charge in [0.25, 0.3) is 0 Å². The second kappa shape index (κ2) is 9.08. The SMILES string of the molecule is CCCNC(=O)N[C@H]1CC[C@H](CC(=O)NC2CCC2)O[C@H]1CO. The number of aliphatic hydroxyl groups is 1. The fourth-order valence-corrected chi connectivity index (χ4v) is 2.95. The molecular weight excluding hydrogens is 298 g/mol. The van der Waals surface area contributed by atoms with Gasteiger partial charge in [-0.2, -0.15) is 0 Å². The molecule has 0 aromatic carbocycles. The quantitative estimate of drug-likeness (QED) is 0.552. The van der Waals surface area contributed by atoms with E-state index in [1.54, 1.807) is 0 Å². The van der Waals surface area contributed by atoms with Crippen molar-refractivity contribution in [1.29, 1.82) is 0 Å².